The molecule has 19 heavy (non-hydrogen) atoms. The Balaban J connectivity index is 2.10. The van der Waals surface area contributed by atoms with Crippen molar-refractivity contribution in [1.29, 1.82) is 0 Å². The first-order valence-electron chi connectivity index (χ1n) is 6.46. The van der Waals surface area contributed by atoms with E-state index in [1.54, 1.807) is 6.07 Å². The molecule has 4 N–H and O–H groups in total. The van der Waals surface area contributed by atoms with Crippen molar-refractivity contribution in [1.82, 2.24) is 0 Å². The highest BCUT2D eigenvalue weighted by Gasteiger charge is 2.19. The molecule has 0 saturated heterocycles. The third-order valence-corrected chi connectivity index (χ3v) is 3.29. The smallest absolute Gasteiger partial charge is 0.241 e. The molecule has 0 unspecified atom stereocenters. The number of hydrogen-bond donors (Lipinski definition) is 3. The summed E-state index contributed by atoms with van der Waals surface area (Å²) in [5, 5.41) is 5.61. The van der Waals surface area contributed by atoms with Gasteiger partial charge in [-0.15, -0.1) is 0 Å². The van der Waals surface area contributed by atoms with Crippen molar-refractivity contribution >= 4 is 23.2 Å². The summed E-state index contributed by atoms with van der Waals surface area (Å²) < 4.78 is 0. The zero-order valence-electron chi connectivity index (χ0n) is 11.2. The summed E-state index contributed by atoms with van der Waals surface area (Å²) in [5.74, 6) is -0.0576. The van der Waals surface area contributed by atoms with Crippen molar-refractivity contribution in [3.8, 4) is 0 Å². The van der Waals surface area contributed by atoms with Crippen LogP contribution >= 0.6 is 0 Å². The van der Waals surface area contributed by atoms with E-state index in [-0.39, 0.29) is 17.7 Å². The third kappa shape index (κ3) is 3.12. The largest absolute Gasteiger partial charge is 0.326 e. The summed E-state index contributed by atoms with van der Waals surface area (Å²) in [6.07, 6.45) is 1.18. The molecule has 0 spiro atoms. The standard InChI is InChI=1S/C14H19N3O2/c1-8(2)13(15)14(19)16-10-4-5-11-9(7-10)3-6-12(18)17-11/h4-5,7-8,13H,3,6,15H2,1-2H3,(H,16,19)(H,17,18)/t13-/m1/s1. The molecule has 1 heterocycles. The predicted molar refractivity (Wildman–Crippen MR) is 74.8 cm³/mol. The number of anilines is 2. The van der Waals surface area contributed by atoms with Crippen LogP contribution in [0.2, 0.25) is 0 Å². The lowest BCUT2D eigenvalue weighted by Crippen LogP contribution is -2.39. The molecule has 5 heteroatoms. The minimum absolute atomic E-state index is 0.0334. The molecule has 2 amide bonds. The van der Waals surface area contributed by atoms with Gasteiger partial charge in [0.2, 0.25) is 11.8 Å². The molecule has 102 valence electrons. The lowest BCUT2D eigenvalue weighted by molar-refractivity contribution is -0.118. The van der Waals surface area contributed by atoms with Crippen LogP contribution in [0.5, 0.6) is 0 Å². The Labute approximate surface area is 112 Å². The Bertz CT molecular complexity index is 511. The summed E-state index contributed by atoms with van der Waals surface area (Å²) >= 11 is 0. The van der Waals surface area contributed by atoms with Crippen molar-refractivity contribution in [2.75, 3.05) is 10.6 Å². The van der Waals surface area contributed by atoms with Crippen LogP contribution in [-0.4, -0.2) is 17.9 Å². The highest BCUT2D eigenvalue weighted by Crippen LogP contribution is 2.25. The van der Waals surface area contributed by atoms with Crippen molar-refractivity contribution in [3.63, 3.8) is 0 Å². The molecule has 1 aromatic carbocycles. The zero-order chi connectivity index (χ0) is 14.0. The predicted octanol–water partition coefficient (Wildman–Crippen LogP) is 1.49. The number of aryl methyl sites for hydroxylation is 1. The van der Waals surface area contributed by atoms with Crippen LogP contribution in [0.25, 0.3) is 0 Å². The summed E-state index contributed by atoms with van der Waals surface area (Å²) in [5.41, 5.74) is 8.37. The second kappa shape index (κ2) is 5.40. The topological polar surface area (TPSA) is 84.2 Å². The van der Waals surface area contributed by atoms with E-state index >= 15 is 0 Å². The van der Waals surface area contributed by atoms with E-state index in [2.05, 4.69) is 10.6 Å². The van der Waals surface area contributed by atoms with Crippen molar-refractivity contribution in [2.45, 2.75) is 32.7 Å². The van der Waals surface area contributed by atoms with Crippen LogP contribution in [0.4, 0.5) is 11.4 Å². The number of nitrogens with two attached hydrogens (primary N) is 1. The summed E-state index contributed by atoms with van der Waals surface area (Å²) in [6, 6.07) is 4.95. The van der Waals surface area contributed by atoms with Crippen LogP contribution in [0, 0.1) is 5.92 Å². The monoisotopic (exact) mass is 261 g/mol. The number of fused-ring (bicyclic) bond motifs is 1. The second-order valence-electron chi connectivity index (χ2n) is 5.18. The highest BCUT2D eigenvalue weighted by molar-refractivity contribution is 5.97. The van der Waals surface area contributed by atoms with Crippen LogP contribution in [-0.2, 0) is 16.0 Å². The normalized spacial score (nSPS) is 15.7. The summed E-state index contributed by atoms with van der Waals surface area (Å²) in [7, 11) is 0. The number of carbonyl (C=O) groups is 2. The number of hydrogen-bond acceptors (Lipinski definition) is 3. The van der Waals surface area contributed by atoms with Crippen LogP contribution < -0.4 is 16.4 Å². The van der Waals surface area contributed by atoms with Crippen molar-refractivity contribution < 1.29 is 9.59 Å². The minimum atomic E-state index is -0.518. The maximum Gasteiger partial charge on any atom is 0.241 e. The van der Waals surface area contributed by atoms with E-state index in [0.29, 0.717) is 12.8 Å². The fraction of sp³-hybridized carbons (Fsp3) is 0.429. The van der Waals surface area contributed by atoms with Gasteiger partial charge in [-0.05, 0) is 36.1 Å². The molecule has 0 saturated carbocycles. The van der Waals surface area contributed by atoms with Gasteiger partial charge in [0, 0.05) is 17.8 Å². The molecule has 1 aliphatic heterocycles. The average Bonchev–Trinajstić information content (AvgIpc) is 2.37. The Morgan fingerprint density at radius 3 is 2.79 bits per heavy atom. The average molecular weight is 261 g/mol. The molecular formula is C14H19N3O2. The molecule has 0 aliphatic carbocycles. The molecular weight excluding hydrogens is 242 g/mol. The van der Waals surface area contributed by atoms with Crippen LogP contribution in [0.15, 0.2) is 18.2 Å². The van der Waals surface area contributed by atoms with Gasteiger partial charge in [0.15, 0.2) is 0 Å². The van der Waals surface area contributed by atoms with Crippen molar-refractivity contribution in [3.05, 3.63) is 23.8 Å². The molecule has 0 fully saturated rings. The molecule has 0 radical (unpaired) electrons. The SMILES string of the molecule is CC(C)[C@@H](N)C(=O)Nc1ccc2c(c1)CCC(=O)N2. The van der Waals surface area contributed by atoms with Gasteiger partial charge in [0.25, 0.3) is 0 Å². The number of carbonyl (C=O) groups excluding carboxylic acids is 2. The van der Waals surface area contributed by atoms with Crippen LogP contribution in [0.3, 0.4) is 0 Å². The maximum atomic E-state index is 11.9. The Kier molecular flexibility index (Phi) is 3.85. The summed E-state index contributed by atoms with van der Waals surface area (Å²) in [4.78, 5) is 23.1. The van der Waals surface area contributed by atoms with Gasteiger partial charge < -0.3 is 16.4 Å². The third-order valence-electron chi connectivity index (χ3n) is 3.29. The van der Waals surface area contributed by atoms with Crippen LogP contribution in [0.1, 0.15) is 25.8 Å². The summed E-state index contributed by atoms with van der Waals surface area (Å²) in [6.45, 7) is 3.82. The molecule has 0 bridgehead atoms. The minimum Gasteiger partial charge on any atom is -0.326 e. The van der Waals surface area contributed by atoms with E-state index in [0.717, 1.165) is 16.9 Å². The van der Waals surface area contributed by atoms with E-state index in [1.165, 1.54) is 0 Å². The van der Waals surface area contributed by atoms with Gasteiger partial charge in [-0.2, -0.15) is 0 Å². The van der Waals surface area contributed by atoms with E-state index < -0.39 is 6.04 Å². The number of rotatable bonds is 3. The Morgan fingerprint density at radius 2 is 2.11 bits per heavy atom. The van der Waals surface area contributed by atoms with Gasteiger partial charge in [-0.1, -0.05) is 13.8 Å². The van der Waals surface area contributed by atoms with Gasteiger partial charge in [-0.3, -0.25) is 9.59 Å². The molecule has 1 atom stereocenters. The lowest BCUT2D eigenvalue weighted by Gasteiger charge is -2.19. The highest BCUT2D eigenvalue weighted by atomic mass is 16.2. The molecule has 5 nitrogen and oxygen atoms in total. The van der Waals surface area contributed by atoms with Crippen molar-refractivity contribution in [2.24, 2.45) is 11.7 Å². The van der Waals surface area contributed by atoms with Gasteiger partial charge in [0.1, 0.15) is 0 Å². The molecule has 2 rings (SSSR count). The van der Waals surface area contributed by atoms with E-state index in [9.17, 15) is 9.59 Å². The van der Waals surface area contributed by atoms with Gasteiger partial charge >= 0.3 is 0 Å². The van der Waals surface area contributed by atoms with E-state index in [4.69, 9.17) is 5.73 Å². The Hall–Kier alpha value is -1.88. The first-order chi connectivity index (χ1) is 8.97. The zero-order valence-corrected chi connectivity index (χ0v) is 11.2. The van der Waals surface area contributed by atoms with Gasteiger partial charge in [-0.25, -0.2) is 0 Å². The first kappa shape index (κ1) is 13.5. The number of amides is 2. The molecule has 1 aromatic rings. The fourth-order valence-electron chi connectivity index (χ4n) is 1.99. The molecule has 1 aliphatic rings. The van der Waals surface area contributed by atoms with E-state index in [1.807, 2.05) is 26.0 Å². The Morgan fingerprint density at radius 1 is 1.37 bits per heavy atom. The lowest BCUT2D eigenvalue weighted by atomic mass is 10.0. The quantitative estimate of drug-likeness (QED) is 0.770. The number of nitrogens with one attached hydrogen (secondary N) is 2. The number of benzene rings is 1. The fourth-order valence-corrected chi connectivity index (χ4v) is 1.99. The molecule has 0 aromatic heterocycles. The van der Waals surface area contributed by atoms with Gasteiger partial charge in [0.05, 0.1) is 6.04 Å². The first-order valence-corrected chi connectivity index (χ1v) is 6.46. The second-order valence-corrected chi connectivity index (χ2v) is 5.18. The maximum absolute atomic E-state index is 11.9.